The van der Waals surface area contributed by atoms with Crippen LogP contribution in [0, 0.1) is 11.6 Å². The van der Waals surface area contributed by atoms with E-state index in [0.717, 1.165) is 12.1 Å². The molecular formula is C10H9BrF2N2O2. The molecule has 2 amide bonds. The van der Waals surface area contributed by atoms with Crippen molar-refractivity contribution in [3.63, 3.8) is 0 Å². The van der Waals surface area contributed by atoms with Crippen LogP contribution in [0.25, 0.3) is 0 Å². The highest BCUT2D eigenvalue weighted by Gasteiger charge is 2.17. The van der Waals surface area contributed by atoms with Crippen molar-refractivity contribution in [3.05, 3.63) is 33.8 Å². The molecule has 0 unspecified atom stereocenters. The second-order valence-corrected chi connectivity index (χ2v) is 4.13. The van der Waals surface area contributed by atoms with Crippen LogP contribution in [0.3, 0.4) is 0 Å². The molecule has 1 aromatic rings. The van der Waals surface area contributed by atoms with E-state index >= 15 is 0 Å². The van der Waals surface area contributed by atoms with Crippen LogP contribution < -0.4 is 11.1 Å². The molecule has 0 saturated heterocycles. The van der Waals surface area contributed by atoms with Crippen molar-refractivity contribution in [1.29, 1.82) is 0 Å². The lowest BCUT2D eigenvalue weighted by Gasteiger charge is -2.06. The van der Waals surface area contributed by atoms with E-state index in [2.05, 4.69) is 21.2 Å². The summed E-state index contributed by atoms with van der Waals surface area (Å²) in [7, 11) is 0. The molecule has 0 radical (unpaired) electrons. The maximum Gasteiger partial charge on any atom is 0.257 e. The Labute approximate surface area is 104 Å². The van der Waals surface area contributed by atoms with Gasteiger partial charge in [-0.05, 0) is 12.1 Å². The van der Waals surface area contributed by atoms with Gasteiger partial charge in [-0.15, -0.1) is 0 Å². The van der Waals surface area contributed by atoms with Gasteiger partial charge in [-0.1, -0.05) is 15.9 Å². The molecule has 0 atom stereocenters. The molecule has 92 valence electrons. The molecular weight excluding hydrogens is 298 g/mol. The van der Waals surface area contributed by atoms with E-state index in [1.165, 1.54) is 0 Å². The minimum atomic E-state index is -0.978. The molecule has 0 fully saturated rings. The van der Waals surface area contributed by atoms with Gasteiger partial charge in [0.15, 0.2) is 0 Å². The van der Waals surface area contributed by atoms with Crippen molar-refractivity contribution in [2.75, 3.05) is 6.54 Å². The van der Waals surface area contributed by atoms with Crippen molar-refractivity contribution in [2.45, 2.75) is 6.42 Å². The lowest BCUT2D eigenvalue weighted by molar-refractivity contribution is -0.117. The van der Waals surface area contributed by atoms with Gasteiger partial charge in [-0.3, -0.25) is 9.59 Å². The van der Waals surface area contributed by atoms with Crippen LogP contribution in [-0.2, 0) is 4.79 Å². The zero-order valence-corrected chi connectivity index (χ0v) is 10.2. The van der Waals surface area contributed by atoms with Gasteiger partial charge in [0.05, 0.1) is 0 Å². The molecule has 4 nitrogen and oxygen atoms in total. The summed E-state index contributed by atoms with van der Waals surface area (Å²) in [5.41, 5.74) is 4.17. The topological polar surface area (TPSA) is 72.2 Å². The van der Waals surface area contributed by atoms with Gasteiger partial charge in [-0.2, -0.15) is 0 Å². The first kappa shape index (κ1) is 13.6. The Morgan fingerprint density at radius 2 is 1.82 bits per heavy atom. The summed E-state index contributed by atoms with van der Waals surface area (Å²) in [6.45, 7) is -0.0664. The number of rotatable bonds is 4. The fraction of sp³-hybridized carbons (Fsp3) is 0.200. The van der Waals surface area contributed by atoms with Gasteiger partial charge < -0.3 is 11.1 Å². The Morgan fingerprint density at radius 3 is 2.29 bits per heavy atom. The summed E-state index contributed by atoms with van der Waals surface area (Å²) in [6, 6.07) is 1.96. The highest BCUT2D eigenvalue weighted by atomic mass is 79.9. The molecule has 17 heavy (non-hydrogen) atoms. The van der Waals surface area contributed by atoms with E-state index < -0.39 is 29.0 Å². The van der Waals surface area contributed by atoms with Crippen molar-refractivity contribution in [3.8, 4) is 0 Å². The van der Waals surface area contributed by atoms with E-state index in [0.29, 0.717) is 0 Å². The lowest BCUT2D eigenvalue weighted by atomic mass is 10.2. The normalized spacial score (nSPS) is 10.1. The fourth-order valence-electron chi connectivity index (χ4n) is 1.15. The van der Waals surface area contributed by atoms with Crippen LogP contribution in [0.1, 0.15) is 16.8 Å². The molecule has 7 heteroatoms. The minimum absolute atomic E-state index is 0.0664. The first-order valence-corrected chi connectivity index (χ1v) is 5.42. The molecule has 0 aliphatic rings. The predicted octanol–water partition coefficient (Wildman–Crippen LogP) is 1.33. The summed E-state index contributed by atoms with van der Waals surface area (Å²) in [6.07, 6.45) is -0.0918. The predicted molar refractivity (Wildman–Crippen MR) is 60.2 cm³/mol. The second-order valence-electron chi connectivity index (χ2n) is 3.22. The minimum Gasteiger partial charge on any atom is -0.370 e. The number of halogens is 3. The van der Waals surface area contributed by atoms with Crippen LogP contribution in [0.15, 0.2) is 16.6 Å². The molecule has 1 aromatic carbocycles. The molecule has 0 heterocycles. The van der Waals surface area contributed by atoms with Crippen LogP contribution in [0.5, 0.6) is 0 Å². The first-order chi connectivity index (χ1) is 7.91. The van der Waals surface area contributed by atoms with Crippen LogP contribution >= 0.6 is 15.9 Å². The highest BCUT2D eigenvalue weighted by molar-refractivity contribution is 9.10. The van der Waals surface area contributed by atoms with E-state index in [-0.39, 0.29) is 17.4 Å². The number of nitrogens with two attached hydrogens (primary N) is 1. The summed E-state index contributed by atoms with van der Waals surface area (Å²) >= 11 is 2.90. The Bertz CT molecular complexity index is 443. The summed E-state index contributed by atoms with van der Waals surface area (Å²) in [5, 5.41) is 2.20. The van der Waals surface area contributed by atoms with E-state index in [1.807, 2.05) is 0 Å². The number of hydrogen-bond donors (Lipinski definition) is 2. The quantitative estimate of drug-likeness (QED) is 0.881. The standard InChI is InChI=1S/C10H9BrF2N2O2/c11-5-3-6(12)9(7(13)4-5)10(17)15-2-1-8(14)16/h3-4H,1-2H2,(H2,14,16)(H,15,17). The largest absolute Gasteiger partial charge is 0.370 e. The average Bonchev–Trinajstić information content (AvgIpc) is 2.14. The van der Waals surface area contributed by atoms with Gasteiger partial charge in [0.1, 0.15) is 17.2 Å². The van der Waals surface area contributed by atoms with Gasteiger partial charge >= 0.3 is 0 Å². The number of carbonyl (C=O) groups excluding carboxylic acids is 2. The van der Waals surface area contributed by atoms with Gasteiger partial charge in [0.2, 0.25) is 5.91 Å². The monoisotopic (exact) mass is 306 g/mol. The molecule has 1 rings (SSSR count). The molecule has 0 bridgehead atoms. The lowest BCUT2D eigenvalue weighted by Crippen LogP contribution is -2.29. The fourth-order valence-corrected chi connectivity index (χ4v) is 1.55. The van der Waals surface area contributed by atoms with Gasteiger partial charge in [0, 0.05) is 17.4 Å². The van der Waals surface area contributed by atoms with Crippen molar-refractivity contribution in [2.24, 2.45) is 5.73 Å². The molecule has 0 aliphatic carbocycles. The first-order valence-electron chi connectivity index (χ1n) is 4.63. The molecule has 0 aliphatic heterocycles. The third-order valence-electron chi connectivity index (χ3n) is 1.89. The molecule has 0 aromatic heterocycles. The number of hydrogen-bond acceptors (Lipinski definition) is 2. The Morgan fingerprint density at radius 1 is 1.29 bits per heavy atom. The second kappa shape index (κ2) is 5.72. The summed E-state index contributed by atoms with van der Waals surface area (Å²) in [5.74, 6) is -3.49. The number of amides is 2. The van der Waals surface area contributed by atoms with Gasteiger partial charge in [-0.25, -0.2) is 8.78 Å². The molecule has 3 N–H and O–H groups in total. The number of benzene rings is 1. The van der Waals surface area contributed by atoms with E-state index in [1.54, 1.807) is 0 Å². The zero-order valence-electron chi connectivity index (χ0n) is 8.60. The van der Waals surface area contributed by atoms with Crippen LogP contribution in [0.4, 0.5) is 8.78 Å². The number of nitrogens with one attached hydrogen (secondary N) is 1. The third-order valence-corrected chi connectivity index (χ3v) is 2.35. The van der Waals surface area contributed by atoms with Crippen molar-refractivity contribution >= 4 is 27.7 Å². The van der Waals surface area contributed by atoms with E-state index in [4.69, 9.17) is 5.73 Å². The summed E-state index contributed by atoms with van der Waals surface area (Å²) < 4.78 is 26.8. The van der Waals surface area contributed by atoms with Crippen molar-refractivity contribution in [1.82, 2.24) is 5.32 Å². The molecule has 0 saturated carbocycles. The van der Waals surface area contributed by atoms with Crippen LogP contribution in [-0.4, -0.2) is 18.4 Å². The SMILES string of the molecule is NC(=O)CCNC(=O)c1c(F)cc(Br)cc1F. The van der Waals surface area contributed by atoms with Crippen LogP contribution in [0.2, 0.25) is 0 Å². The van der Waals surface area contributed by atoms with Crippen molar-refractivity contribution < 1.29 is 18.4 Å². The van der Waals surface area contributed by atoms with Gasteiger partial charge in [0.25, 0.3) is 5.91 Å². The Balaban J connectivity index is 2.79. The third kappa shape index (κ3) is 3.77. The maximum absolute atomic E-state index is 13.3. The number of carbonyl (C=O) groups is 2. The number of primary amides is 1. The smallest absolute Gasteiger partial charge is 0.257 e. The summed E-state index contributed by atoms with van der Waals surface area (Å²) in [4.78, 5) is 21.8. The Hall–Kier alpha value is -1.50. The highest BCUT2D eigenvalue weighted by Crippen LogP contribution is 2.19. The zero-order chi connectivity index (χ0) is 13.0. The average molecular weight is 307 g/mol. The maximum atomic E-state index is 13.3. The Kier molecular flexibility index (Phi) is 4.56. The van der Waals surface area contributed by atoms with E-state index in [9.17, 15) is 18.4 Å². The molecule has 0 spiro atoms.